The lowest BCUT2D eigenvalue weighted by molar-refractivity contribution is 0.517. The summed E-state index contributed by atoms with van der Waals surface area (Å²) in [4.78, 5) is 0. The van der Waals surface area contributed by atoms with E-state index in [-0.39, 0.29) is 0 Å². The summed E-state index contributed by atoms with van der Waals surface area (Å²) in [5.74, 6) is 0.894. The van der Waals surface area contributed by atoms with Crippen molar-refractivity contribution in [2.24, 2.45) is 0 Å². The molecule has 0 radical (unpaired) electrons. The van der Waals surface area contributed by atoms with Crippen LogP contribution in [-0.4, -0.2) is 33.3 Å². The average Bonchev–Trinajstić information content (AvgIpc) is 2.93. The van der Waals surface area contributed by atoms with Crippen LogP contribution in [0.3, 0.4) is 0 Å². The number of aryl methyl sites for hydroxylation is 1. The second-order valence-corrected chi connectivity index (χ2v) is 5.44. The number of likely N-dealkylation sites (N-methyl/N-ethyl adjacent to an activating group) is 1. The molecule has 1 N–H and O–H groups in total. The highest BCUT2D eigenvalue weighted by molar-refractivity contribution is 7.98. The molecule has 5 nitrogen and oxygen atoms in total. The molecule has 0 saturated carbocycles. The first-order valence-electron chi connectivity index (χ1n) is 7.01. The summed E-state index contributed by atoms with van der Waals surface area (Å²) in [6.07, 6.45) is 1.08. The zero-order chi connectivity index (χ0) is 14.2. The predicted molar refractivity (Wildman–Crippen MR) is 81.7 cm³/mol. The highest BCUT2D eigenvalue weighted by atomic mass is 32.2. The molecule has 0 amide bonds. The molecule has 0 aliphatic rings. The van der Waals surface area contributed by atoms with Gasteiger partial charge in [0.05, 0.1) is 6.54 Å². The van der Waals surface area contributed by atoms with Gasteiger partial charge in [0.1, 0.15) is 0 Å². The number of benzene rings is 1. The first-order chi connectivity index (χ1) is 9.83. The molecular weight excluding hydrogens is 270 g/mol. The zero-order valence-electron chi connectivity index (χ0n) is 12.0. The lowest BCUT2D eigenvalue weighted by Crippen LogP contribution is -2.20. The molecule has 0 fully saturated rings. The Bertz CT molecular complexity index is 509. The molecule has 0 unspecified atom stereocenters. The average molecular weight is 291 g/mol. The Morgan fingerprint density at radius 1 is 1.15 bits per heavy atom. The fraction of sp³-hybridized carbons (Fsp3) is 0.500. The number of rotatable bonds is 8. The minimum Gasteiger partial charge on any atom is -0.315 e. The lowest BCUT2D eigenvalue weighted by Gasteiger charge is -2.05. The van der Waals surface area contributed by atoms with E-state index in [2.05, 4.69) is 59.0 Å². The third-order valence-corrected chi connectivity index (χ3v) is 4.08. The maximum atomic E-state index is 4.08. The highest BCUT2D eigenvalue weighted by Crippen LogP contribution is 2.20. The first-order valence-corrected chi connectivity index (χ1v) is 7.99. The molecule has 20 heavy (non-hydrogen) atoms. The number of nitrogens with zero attached hydrogens (tertiary/aromatic N) is 4. The van der Waals surface area contributed by atoms with Gasteiger partial charge in [0.2, 0.25) is 5.16 Å². The summed E-state index contributed by atoms with van der Waals surface area (Å²) >= 11 is 1.68. The molecular formula is C14H21N5S. The number of hydrogen-bond donors (Lipinski definition) is 1. The van der Waals surface area contributed by atoms with E-state index in [1.54, 1.807) is 11.8 Å². The van der Waals surface area contributed by atoms with Crippen molar-refractivity contribution in [3.05, 3.63) is 35.4 Å². The van der Waals surface area contributed by atoms with E-state index in [1.807, 2.05) is 4.68 Å². The van der Waals surface area contributed by atoms with Gasteiger partial charge in [-0.3, -0.25) is 0 Å². The Hall–Kier alpha value is -1.40. The van der Waals surface area contributed by atoms with Gasteiger partial charge in [0.25, 0.3) is 0 Å². The van der Waals surface area contributed by atoms with Gasteiger partial charge in [-0.05, 0) is 34.5 Å². The van der Waals surface area contributed by atoms with Crippen molar-refractivity contribution >= 4 is 11.8 Å². The van der Waals surface area contributed by atoms with Crippen molar-refractivity contribution in [2.75, 3.05) is 13.1 Å². The van der Waals surface area contributed by atoms with Crippen LogP contribution in [-0.2, 0) is 18.7 Å². The third kappa shape index (κ3) is 4.31. The van der Waals surface area contributed by atoms with Gasteiger partial charge in [-0.2, -0.15) is 0 Å². The molecule has 0 saturated heterocycles. The predicted octanol–water partition coefficient (Wildman–Crippen LogP) is 2.14. The largest absolute Gasteiger partial charge is 0.315 e. The highest BCUT2D eigenvalue weighted by Gasteiger charge is 2.06. The second-order valence-electron chi connectivity index (χ2n) is 4.50. The minimum atomic E-state index is 0.804. The monoisotopic (exact) mass is 291 g/mol. The summed E-state index contributed by atoms with van der Waals surface area (Å²) in [5.41, 5.74) is 2.67. The first kappa shape index (κ1) is 15.0. The maximum Gasteiger partial charge on any atom is 0.209 e. The van der Waals surface area contributed by atoms with E-state index >= 15 is 0 Å². The lowest BCUT2D eigenvalue weighted by atomic mass is 10.1. The molecule has 2 rings (SSSR count). The molecule has 1 aromatic carbocycles. The fourth-order valence-corrected chi connectivity index (χ4v) is 2.68. The van der Waals surface area contributed by atoms with Gasteiger partial charge in [0.15, 0.2) is 0 Å². The van der Waals surface area contributed by atoms with Crippen LogP contribution in [0.1, 0.15) is 25.0 Å². The molecule has 6 heteroatoms. The van der Waals surface area contributed by atoms with Gasteiger partial charge >= 0.3 is 0 Å². The smallest absolute Gasteiger partial charge is 0.209 e. The summed E-state index contributed by atoms with van der Waals surface area (Å²) in [5, 5.41) is 16.0. The van der Waals surface area contributed by atoms with Crippen LogP contribution in [0.5, 0.6) is 0 Å². The van der Waals surface area contributed by atoms with E-state index in [0.29, 0.717) is 0 Å². The molecule has 1 aromatic heterocycles. The molecule has 0 aliphatic heterocycles. The topological polar surface area (TPSA) is 55.6 Å². The van der Waals surface area contributed by atoms with Crippen LogP contribution in [0.15, 0.2) is 29.4 Å². The van der Waals surface area contributed by atoms with E-state index in [0.717, 1.165) is 37.0 Å². The quantitative estimate of drug-likeness (QED) is 0.596. The van der Waals surface area contributed by atoms with Gasteiger partial charge < -0.3 is 5.32 Å². The van der Waals surface area contributed by atoms with Crippen molar-refractivity contribution in [3.8, 4) is 0 Å². The Morgan fingerprint density at radius 3 is 2.60 bits per heavy atom. The van der Waals surface area contributed by atoms with Crippen molar-refractivity contribution in [3.63, 3.8) is 0 Å². The van der Waals surface area contributed by atoms with Crippen molar-refractivity contribution in [1.82, 2.24) is 25.5 Å². The Morgan fingerprint density at radius 2 is 1.90 bits per heavy atom. The summed E-state index contributed by atoms with van der Waals surface area (Å²) < 4.78 is 1.85. The van der Waals surface area contributed by atoms with Crippen LogP contribution in [0.4, 0.5) is 0 Å². The van der Waals surface area contributed by atoms with Gasteiger partial charge in [-0.1, -0.05) is 49.9 Å². The Balaban J connectivity index is 1.88. The van der Waals surface area contributed by atoms with Gasteiger partial charge in [-0.25, -0.2) is 4.68 Å². The van der Waals surface area contributed by atoms with E-state index in [4.69, 9.17) is 0 Å². The number of aromatic nitrogens is 4. The standard InChI is InChI=1S/C14H21N5S/c1-3-12-5-7-13(8-6-12)11-20-14-16-17-18-19(14)10-9-15-4-2/h5-8,15H,3-4,9-11H2,1-2H3. The third-order valence-electron chi connectivity index (χ3n) is 3.05. The second kappa shape index (κ2) is 8.01. The summed E-state index contributed by atoms with van der Waals surface area (Å²) in [6, 6.07) is 8.73. The Labute approximate surface area is 124 Å². The van der Waals surface area contributed by atoms with Crippen LogP contribution in [0.25, 0.3) is 0 Å². The normalized spacial score (nSPS) is 10.9. The van der Waals surface area contributed by atoms with E-state index < -0.39 is 0 Å². The zero-order valence-corrected chi connectivity index (χ0v) is 12.9. The van der Waals surface area contributed by atoms with Crippen LogP contribution in [0, 0.1) is 0 Å². The SMILES string of the molecule is CCNCCn1nnnc1SCc1ccc(CC)cc1. The number of nitrogens with one attached hydrogen (secondary N) is 1. The molecule has 0 bridgehead atoms. The van der Waals surface area contributed by atoms with Crippen LogP contribution >= 0.6 is 11.8 Å². The molecule has 1 heterocycles. The van der Waals surface area contributed by atoms with Gasteiger partial charge in [-0.15, -0.1) is 5.10 Å². The van der Waals surface area contributed by atoms with Crippen LogP contribution < -0.4 is 5.32 Å². The van der Waals surface area contributed by atoms with E-state index in [1.165, 1.54) is 11.1 Å². The van der Waals surface area contributed by atoms with Crippen molar-refractivity contribution in [2.45, 2.75) is 37.7 Å². The van der Waals surface area contributed by atoms with E-state index in [9.17, 15) is 0 Å². The number of tetrazole rings is 1. The molecule has 2 aromatic rings. The summed E-state index contributed by atoms with van der Waals surface area (Å²) in [7, 11) is 0. The fourth-order valence-electron chi connectivity index (χ4n) is 1.82. The molecule has 0 atom stereocenters. The summed E-state index contributed by atoms with van der Waals surface area (Å²) in [6.45, 7) is 6.92. The number of thioether (sulfide) groups is 1. The maximum absolute atomic E-state index is 4.08. The van der Waals surface area contributed by atoms with Crippen molar-refractivity contribution < 1.29 is 0 Å². The molecule has 0 spiro atoms. The number of hydrogen-bond acceptors (Lipinski definition) is 5. The molecule has 108 valence electrons. The van der Waals surface area contributed by atoms with Crippen molar-refractivity contribution in [1.29, 1.82) is 0 Å². The van der Waals surface area contributed by atoms with Crippen LogP contribution in [0.2, 0.25) is 0 Å². The molecule has 0 aliphatic carbocycles. The Kier molecular flexibility index (Phi) is 6.01. The minimum absolute atomic E-state index is 0.804. The van der Waals surface area contributed by atoms with Gasteiger partial charge in [0, 0.05) is 12.3 Å².